The van der Waals surface area contributed by atoms with E-state index >= 15 is 0 Å². The van der Waals surface area contributed by atoms with E-state index in [9.17, 15) is 0 Å². The molecule has 0 aromatic heterocycles. The molecule has 0 heterocycles. The molecule has 1 nitrogen and oxygen atoms in total. The van der Waals surface area contributed by atoms with Gasteiger partial charge in [0.1, 0.15) is 0 Å². The molecule has 0 bridgehead atoms. The fourth-order valence-corrected chi connectivity index (χ4v) is 2.17. The molecule has 0 spiro atoms. The first-order valence-corrected chi connectivity index (χ1v) is 5.56. The van der Waals surface area contributed by atoms with Crippen molar-refractivity contribution in [2.45, 2.75) is 18.9 Å². The molecule has 2 rings (SSSR count). The van der Waals surface area contributed by atoms with Crippen molar-refractivity contribution < 1.29 is 0 Å². The Balaban J connectivity index is 0.000000980. The van der Waals surface area contributed by atoms with Crippen LogP contribution >= 0.6 is 39.9 Å². The van der Waals surface area contributed by atoms with Crippen LogP contribution in [-0.4, -0.2) is 0 Å². The van der Waals surface area contributed by atoms with Gasteiger partial charge in [-0.1, -0.05) is 27.5 Å². The summed E-state index contributed by atoms with van der Waals surface area (Å²) in [6, 6.07) is 5.93. The van der Waals surface area contributed by atoms with Crippen LogP contribution in [0.3, 0.4) is 0 Å². The lowest BCUT2D eigenvalue weighted by molar-refractivity contribution is 0.631. The Kier molecular flexibility index (Phi) is 4.26. The van der Waals surface area contributed by atoms with Gasteiger partial charge in [0.2, 0.25) is 0 Å². The van der Waals surface area contributed by atoms with Gasteiger partial charge in [-0.05, 0) is 42.5 Å². The Morgan fingerprint density at radius 3 is 2.64 bits per heavy atom. The Morgan fingerprint density at radius 2 is 2.07 bits per heavy atom. The third-order valence-electron chi connectivity index (χ3n) is 2.45. The topological polar surface area (TPSA) is 26.0 Å². The van der Waals surface area contributed by atoms with E-state index in [0.29, 0.717) is 5.92 Å². The van der Waals surface area contributed by atoms with Crippen molar-refractivity contribution in [3.8, 4) is 0 Å². The fourth-order valence-electron chi connectivity index (χ4n) is 1.48. The van der Waals surface area contributed by atoms with Crippen LogP contribution in [0.15, 0.2) is 22.7 Å². The number of halogens is 3. The summed E-state index contributed by atoms with van der Waals surface area (Å²) in [4.78, 5) is 0. The zero-order valence-corrected chi connectivity index (χ0v) is 10.7. The molecule has 1 unspecified atom stereocenters. The summed E-state index contributed by atoms with van der Waals surface area (Å²) in [6.45, 7) is 0. The maximum atomic E-state index is 6.08. The van der Waals surface area contributed by atoms with Crippen molar-refractivity contribution >= 4 is 39.9 Å². The third-order valence-corrected chi connectivity index (χ3v) is 3.40. The van der Waals surface area contributed by atoms with E-state index in [1.54, 1.807) is 0 Å². The van der Waals surface area contributed by atoms with Gasteiger partial charge < -0.3 is 5.73 Å². The van der Waals surface area contributed by atoms with Gasteiger partial charge in [-0.2, -0.15) is 0 Å². The van der Waals surface area contributed by atoms with Crippen molar-refractivity contribution in [2.75, 3.05) is 0 Å². The average molecular weight is 297 g/mol. The summed E-state index contributed by atoms with van der Waals surface area (Å²) >= 11 is 9.40. The summed E-state index contributed by atoms with van der Waals surface area (Å²) in [6.07, 6.45) is 2.50. The first kappa shape index (κ1) is 12.3. The van der Waals surface area contributed by atoms with E-state index in [0.717, 1.165) is 15.1 Å². The standard InChI is InChI=1S/C10H11BrClN.ClH/c11-9-4-3-7(12)5-8(9)10(13)6-1-2-6;/h3-6,10H,1-2,13H2;1H. The zero-order valence-electron chi connectivity index (χ0n) is 7.54. The Labute approximate surface area is 104 Å². The predicted octanol–water partition coefficient (Wildman–Crippen LogP) is 3.93. The second-order valence-electron chi connectivity index (χ2n) is 3.53. The molecular weight excluding hydrogens is 285 g/mol. The van der Waals surface area contributed by atoms with E-state index in [2.05, 4.69) is 15.9 Å². The first-order valence-electron chi connectivity index (χ1n) is 4.39. The number of rotatable bonds is 2. The molecule has 1 aliphatic rings. The molecule has 1 aliphatic carbocycles. The smallest absolute Gasteiger partial charge is 0.0410 e. The monoisotopic (exact) mass is 295 g/mol. The van der Waals surface area contributed by atoms with Gasteiger partial charge in [0.25, 0.3) is 0 Å². The van der Waals surface area contributed by atoms with Gasteiger partial charge in [-0.25, -0.2) is 0 Å². The number of hydrogen-bond acceptors (Lipinski definition) is 1. The van der Waals surface area contributed by atoms with Crippen LogP contribution in [0.25, 0.3) is 0 Å². The first-order chi connectivity index (χ1) is 6.18. The minimum Gasteiger partial charge on any atom is -0.324 e. The lowest BCUT2D eigenvalue weighted by atomic mass is 10.0. The largest absolute Gasteiger partial charge is 0.324 e. The summed E-state index contributed by atoms with van der Waals surface area (Å²) < 4.78 is 1.07. The number of benzene rings is 1. The number of hydrogen-bond donors (Lipinski definition) is 1. The molecule has 0 aliphatic heterocycles. The van der Waals surface area contributed by atoms with Crippen molar-refractivity contribution in [1.29, 1.82) is 0 Å². The quantitative estimate of drug-likeness (QED) is 0.879. The Morgan fingerprint density at radius 1 is 1.43 bits per heavy atom. The molecule has 0 radical (unpaired) electrons. The van der Waals surface area contributed by atoms with Gasteiger partial charge in [0.05, 0.1) is 0 Å². The summed E-state index contributed by atoms with van der Waals surface area (Å²) in [5, 5.41) is 0.759. The van der Waals surface area contributed by atoms with E-state index in [-0.39, 0.29) is 18.4 Å². The van der Waals surface area contributed by atoms with Gasteiger partial charge in [0, 0.05) is 15.5 Å². The van der Waals surface area contributed by atoms with E-state index in [1.165, 1.54) is 12.8 Å². The highest BCUT2D eigenvalue weighted by molar-refractivity contribution is 9.10. The summed E-state index contributed by atoms with van der Waals surface area (Å²) in [5.41, 5.74) is 7.22. The summed E-state index contributed by atoms with van der Waals surface area (Å²) in [7, 11) is 0. The fraction of sp³-hybridized carbons (Fsp3) is 0.400. The molecule has 0 amide bonds. The van der Waals surface area contributed by atoms with Crippen molar-refractivity contribution in [2.24, 2.45) is 11.7 Å². The van der Waals surface area contributed by atoms with Crippen LogP contribution in [0.1, 0.15) is 24.4 Å². The van der Waals surface area contributed by atoms with Gasteiger partial charge in [-0.15, -0.1) is 12.4 Å². The van der Waals surface area contributed by atoms with Crippen molar-refractivity contribution in [3.05, 3.63) is 33.3 Å². The highest BCUT2D eigenvalue weighted by Crippen LogP contribution is 2.41. The van der Waals surface area contributed by atoms with Crippen molar-refractivity contribution in [3.63, 3.8) is 0 Å². The molecule has 2 N–H and O–H groups in total. The minimum atomic E-state index is 0. The minimum absolute atomic E-state index is 0. The molecule has 1 atom stereocenters. The zero-order chi connectivity index (χ0) is 9.42. The third kappa shape index (κ3) is 2.63. The normalized spacial score (nSPS) is 17.4. The number of nitrogens with two attached hydrogens (primary N) is 1. The molecule has 1 saturated carbocycles. The van der Waals surface area contributed by atoms with E-state index in [1.807, 2.05) is 18.2 Å². The van der Waals surface area contributed by atoms with Crippen LogP contribution in [0.5, 0.6) is 0 Å². The van der Waals surface area contributed by atoms with Crippen LogP contribution in [0.4, 0.5) is 0 Å². The van der Waals surface area contributed by atoms with Crippen molar-refractivity contribution in [1.82, 2.24) is 0 Å². The predicted molar refractivity (Wildman–Crippen MR) is 66.1 cm³/mol. The molecule has 78 valence electrons. The van der Waals surface area contributed by atoms with Gasteiger partial charge in [0.15, 0.2) is 0 Å². The molecule has 0 saturated heterocycles. The molecule has 1 fully saturated rings. The Hall–Kier alpha value is 0.240. The SMILES string of the molecule is Cl.NC(c1cc(Cl)ccc1Br)C1CC1. The average Bonchev–Trinajstić information content (AvgIpc) is 2.91. The molecule has 1 aromatic carbocycles. The molecular formula is C10H12BrCl2N. The van der Waals surface area contributed by atoms with Crippen LogP contribution in [0, 0.1) is 5.92 Å². The van der Waals surface area contributed by atoms with E-state index < -0.39 is 0 Å². The van der Waals surface area contributed by atoms with Gasteiger partial charge >= 0.3 is 0 Å². The lowest BCUT2D eigenvalue weighted by Crippen LogP contribution is -2.12. The van der Waals surface area contributed by atoms with E-state index in [4.69, 9.17) is 17.3 Å². The second-order valence-corrected chi connectivity index (χ2v) is 4.82. The van der Waals surface area contributed by atoms with Crippen LogP contribution in [-0.2, 0) is 0 Å². The lowest BCUT2D eigenvalue weighted by Gasteiger charge is -2.12. The molecule has 1 aromatic rings. The Bertz CT molecular complexity index is 326. The maximum Gasteiger partial charge on any atom is 0.0410 e. The van der Waals surface area contributed by atoms with Gasteiger partial charge in [-0.3, -0.25) is 0 Å². The highest BCUT2D eigenvalue weighted by atomic mass is 79.9. The summed E-state index contributed by atoms with van der Waals surface area (Å²) in [5.74, 6) is 0.662. The molecule has 14 heavy (non-hydrogen) atoms. The second kappa shape index (κ2) is 4.84. The van der Waals surface area contributed by atoms with Crippen LogP contribution < -0.4 is 5.73 Å². The van der Waals surface area contributed by atoms with Crippen LogP contribution in [0.2, 0.25) is 5.02 Å². The highest BCUT2D eigenvalue weighted by Gasteiger charge is 2.30. The maximum absolute atomic E-state index is 6.08. The molecule has 4 heteroatoms.